The molecule has 6 nitrogen and oxygen atoms in total. The summed E-state index contributed by atoms with van der Waals surface area (Å²) in [5.41, 5.74) is 4.40. The van der Waals surface area contributed by atoms with Gasteiger partial charge in [0.2, 0.25) is 5.91 Å². The fraction of sp³-hybridized carbons (Fsp3) is 0.393. The smallest absolute Gasteiger partial charge is 0.254 e. The van der Waals surface area contributed by atoms with Crippen LogP contribution in [0.25, 0.3) is 5.69 Å². The first-order chi connectivity index (χ1) is 16.4. The molecular weight excluding hydrogens is 504 g/mol. The van der Waals surface area contributed by atoms with Gasteiger partial charge >= 0.3 is 0 Å². The van der Waals surface area contributed by atoms with E-state index >= 15 is 0 Å². The molecule has 1 N–H and O–H groups in total. The quantitative estimate of drug-likeness (QED) is 0.384. The fourth-order valence-electron chi connectivity index (χ4n) is 3.78. The van der Waals surface area contributed by atoms with Gasteiger partial charge in [-0.25, -0.2) is 4.68 Å². The van der Waals surface area contributed by atoms with Gasteiger partial charge in [0, 0.05) is 28.1 Å². The molecule has 0 atom stereocenters. The van der Waals surface area contributed by atoms with Crippen LogP contribution in [0.1, 0.15) is 61.8 Å². The van der Waals surface area contributed by atoms with Crippen LogP contribution in [0.15, 0.2) is 53.0 Å². The van der Waals surface area contributed by atoms with Gasteiger partial charge < -0.3 is 10.2 Å². The highest BCUT2D eigenvalue weighted by Gasteiger charge is 2.24. The maximum atomic E-state index is 13.2. The lowest BCUT2D eigenvalue weighted by atomic mass is 9.92. The molecule has 186 valence electrons. The van der Waals surface area contributed by atoms with Crippen LogP contribution in [-0.4, -0.2) is 39.6 Å². The minimum absolute atomic E-state index is 0.0457. The second-order valence-corrected chi connectivity index (χ2v) is 11.3. The summed E-state index contributed by atoms with van der Waals surface area (Å²) in [6.07, 6.45) is 0. The zero-order valence-corrected chi connectivity index (χ0v) is 23.2. The lowest BCUT2D eigenvalue weighted by Crippen LogP contribution is -2.40. The molecule has 0 bridgehead atoms. The Kier molecular flexibility index (Phi) is 8.21. The molecule has 0 fully saturated rings. The molecule has 35 heavy (non-hydrogen) atoms. The number of carbonyl (C=O) groups is 2. The molecule has 0 spiro atoms. The van der Waals surface area contributed by atoms with Crippen LogP contribution in [0.4, 0.5) is 5.82 Å². The SMILES string of the molecule is Cc1cccc(-n2nc(C(C)(C)C)cc2NC(=O)CN(CC(C)C)C(=O)c2ccc(Br)cc2)c1C. The number of carbonyl (C=O) groups excluding carboxylic acids is 2. The van der Waals surface area contributed by atoms with E-state index in [4.69, 9.17) is 5.10 Å². The summed E-state index contributed by atoms with van der Waals surface area (Å²) in [5, 5.41) is 7.87. The van der Waals surface area contributed by atoms with E-state index in [0.717, 1.165) is 27.0 Å². The van der Waals surface area contributed by atoms with Gasteiger partial charge in [-0.15, -0.1) is 0 Å². The Morgan fingerprint density at radius 1 is 1.09 bits per heavy atom. The Morgan fingerprint density at radius 3 is 2.34 bits per heavy atom. The average molecular weight is 540 g/mol. The summed E-state index contributed by atoms with van der Waals surface area (Å²) in [5.74, 6) is 0.382. The first-order valence-corrected chi connectivity index (χ1v) is 12.7. The molecule has 0 saturated carbocycles. The third-order valence-electron chi connectivity index (χ3n) is 5.85. The molecule has 0 aliphatic carbocycles. The monoisotopic (exact) mass is 538 g/mol. The van der Waals surface area contributed by atoms with E-state index < -0.39 is 0 Å². The largest absolute Gasteiger partial charge is 0.329 e. The van der Waals surface area contributed by atoms with Crippen molar-refractivity contribution in [3.8, 4) is 5.69 Å². The summed E-state index contributed by atoms with van der Waals surface area (Å²) in [4.78, 5) is 28.0. The Labute approximate surface area is 216 Å². The minimum atomic E-state index is -0.261. The molecule has 0 unspecified atom stereocenters. The summed E-state index contributed by atoms with van der Waals surface area (Å²) in [6, 6.07) is 15.2. The number of hydrogen-bond donors (Lipinski definition) is 1. The van der Waals surface area contributed by atoms with Crippen LogP contribution >= 0.6 is 15.9 Å². The summed E-state index contributed by atoms with van der Waals surface area (Å²) in [7, 11) is 0. The summed E-state index contributed by atoms with van der Waals surface area (Å²) >= 11 is 3.40. The van der Waals surface area contributed by atoms with Crippen LogP contribution in [0.2, 0.25) is 0 Å². The molecule has 0 radical (unpaired) electrons. The number of amides is 2. The standard InChI is InChI=1S/C28H35BrN4O2/c1-18(2)16-32(27(35)21-11-13-22(29)14-12-21)17-26(34)30-25-15-24(28(5,6)7)31-33(25)23-10-8-9-19(3)20(23)4/h8-15,18H,16-17H2,1-7H3,(H,30,34). The Hall–Kier alpha value is -2.93. The molecule has 7 heteroatoms. The lowest BCUT2D eigenvalue weighted by Gasteiger charge is -2.24. The number of aryl methyl sites for hydroxylation is 1. The number of aromatic nitrogens is 2. The third-order valence-corrected chi connectivity index (χ3v) is 6.38. The number of hydrogen-bond acceptors (Lipinski definition) is 3. The van der Waals surface area contributed by atoms with Gasteiger partial charge in [-0.3, -0.25) is 9.59 Å². The highest BCUT2D eigenvalue weighted by atomic mass is 79.9. The van der Waals surface area contributed by atoms with E-state index in [0.29, 0.717) is 17.9 Å². The van der Waals surface area contributed by atoms with Crippen LogP contribution in [0.3, 0.4) is 0 Å². The van der Waals surface area contributed by atoms with Crippen LogP contribution in [0, 0.1) is 19.8 Å². The molecule has 0 saturated heterocycles. The number of rotatable bonds is 7. The third kappa shape index (κ3) is 6.60. The van der Waals surface area contributed by atoms with Gasteiger partial charge in [0.15, 0.2) is 0 Å². The van der Waals surface area contributed by atoms with E-state index in [-0.39, 0.29) is 29.7 Å². The topological polar surface area (TPSA) is 67.2 Å². The van der Waals surface area contributed by atoms with Crippen LogP contribution in [-0.2, 0) is 10.2 Å². The molecule has 2 aromatic carbocycles. The number of benzene rings is 2. The van der Waals surface area contributed by atoms with Gasteiger partial charge in [0.05, 0.1) is 11.4 Å². The van der Waals surface area contributed by atoms with Crippen molar-refractivity contribution in [2.75, 3.05) is 18.4 Å². The van der Waals surface area contributed by atoms with Crippen molar-refractivity contribution < 1.29 is 9.59 Å². The predicted octanol–water partition coefficient (Wildman–Crippen LogP) is 6.29. The first-order valence-electron chi connectivity index (χ1n) is 11.9. The molecule has 0 aliphatic rings. The Bertz CT molecular complexity index is 1210. The van der Waals surface area contributed by atoms with Crippen molar-refractivity contribution >= 4 is 33.6 Å². The maximum absolute atomic E-state index is 13.2. The number of anilines is 1. The van der Waals surface area contributed by atoms with Gasteiger partial charge in [0.1, 0.15) is 12.4 Å². The van der Waals surface area contributed by atoms with Gasteiger partial charge in [-0.05, 0) is 61.2 Å². The van der Waals surface area contributed by atoms with E-state index in [1.165, 1.54) is 0 Å². The molecular formula is C28H35BrN4O2. The molecule has 1 heterocycles. The second kappa shape index (κ2) is 10.8. The van der Waals surface area contributed by atoms with Gasteiger partial charge in [0.25, 0.3) is 5.91 Å². The van der Waals surface area contributed by atoms with E-state index in [2.05, 4.69) is 61.9 Å². The molecule has 3 rings (SSSR count). The fourth-order valence-corrected chi connectivity index (χ4v) is 4.04. The van der Waals surface area contributed by atoms with Gasteiger partial charge in [-0.1, -0.05) is 62.7 Å². The maximum Gasteiger partial charge on any atom is 0.254 e. The first kappa shape index (κ1) is 26.7. The zero-order chi connectivity index (χ0) is 25.9. The highest BCUT2D eigenvalue weighted by Crippen LogP contribution is 2.28. The minimum Gasteiger partial charge on any atom is -0.329 e. The molecule has 1 aromatic heterocycles. The molecule has 3 aromatic rings. The Balaban J connectivity index is 1.91. The van der Waals surface area contributed by atoms with E-state index in [1.54, 1.807) is 21.7 Å². The predicted molar refractivity (Wildman–Crippen MR) is 145 cm³/mol. The van der Waals surface area contributed by atoms with E-state index in [1.807, 2.05) is 44.2 Å². The van der Waals surface area contributed by atoms with E-state index in [9.17, 15) is 9.59 Å². The zero-order valence-electron chi connectivity index (χ0n) is 21.6. The normalized spacial score (nSPS) is 11.6. The average Bonchev–Trinajstić information content (AvgIpc) is 3.19. The van der Waals surface area contributed by atoms with Crippen LogP contribution in [0.5, 0.6) is 0 Å². The van der Waals surface area contributed by atoms with Crippen molar-refractivity contribution in [1.29, 1.82) is 0 Å². The van der Waals surface area contributed by atoms with Crippen molar-refractivity contribution in [3.05, 3.63) is 75.4 Å². The number of nitrogens with one attached hydrogen (secondary N) is 1. The van der Waals surface area contributed by atoms with Crippen molar-refractivity contribution in [1.82, 2.24) is 14.7 Å². The molecule has 0 aliphatic heterocycles. The van der Waals surface area contributed by atoms with Gasteiger partial charge in [-0.2, -0.15) is 5.10 Å². The summed E-state index contributed by atoms with van der Waals surface area (Å²) in [6.45, 7) is 14.9. The number of halogens is 1. The molecule has 2 amide bonds. The Morgan fingerprint density at radius 2 is 1.74 bits per heavy atom. The van der Waals surface area contributed by atoms with Crippen molar-refractivity contribution in [2.45, 2.75) is 53.9 Å². The highest BCUT2D eigenvalue weighted by molar-refractivity contribution is 9.10. The van der Waals surface area contributed by atoms with Crippen LogP contribution < -0.4 is 5.32 Å². The number of nitrogens with zero attached hydrogens (tertiary/aromatic N) is 3. The second-order valence-electron chi connectivity index (χ2n) is 10.4. The lowest BCUT2D eigenvalue weighted by molar-refractivity contribution is -0.117. The summed E-state index contributed by atoms with van der Waals surface area (Å²) < 4.78 is 2.70. The van der Waals surface area contributed by atoms with Crippen molar-refractivity contribution in [3.63, 3.8) is 0 Å². The van der Waals surface area contributed by atoms with Crippen molar-refractivity contribution in [2.24, 2.45) is 5.92 Å².